The molecular weight excluding hydrogens is 328 g/mol. The van der Waals surface area contributed by atoms with Crippen LogP contribution in [0.2, 0.25) is 0 Å². The van der Waals surface area contributed by atoms with Gasteiger partial charge >= 0.3 is 0 Å². The summed E-state index contributed by atoms with van der Waals surface area (Å²) >= 11 is 0. The molecule has 1 fully saturated rings. The number of carbonyl (C=O) groups excluding carboxylic acids is 1. The second kappa shape index (κ2) is 7.01. The van der Waals surface area contributed by atoms with E-state index >= 15 is 0 Å². The molecular formula is C20H20N4O2. The molecule has 1 saturated heterocycles. The van der Waals surface area contributed by atoms with Crippen LogP contribution >= 0.6 is 0 Å². The number of H-pyrrole nitrogens is 1. The van der Waals surface area contributed by atoms with Crippen molar-refractivity contribution in [2.75, 3.05) is 32.0 Å². The Labute approximate surface area is 151 Å². The maximum atomic E-state index is 12.5. The maximum Gasteiger partial charge on any atom is 0.254 e. The van der Waals surface area contributed by atoms with Crippen molar-refractivity contribution in [3.05, 3.63) is 59.3 Å². The van der Waals surface area contributed by atoms with Crippen LogP contribution in [0.25, 0.3) is 23.1 Å². The van der Waals surface area contributed by atoms with Crippen LogP contribution in [0.3, 0.4) is 0 Å². The Hall–Kier alpha value is -3.12. The summed E-state index contributed by atoms with van der Waals surface area (Å²) in [4.78, 5) is 14.3. The maximum absolute atomic E-state index is 12.5. The van der Waals surface area contributed by atoms with E-state index in [1.54, 1.807) is 11.0 Å². The van der Waals surface area contributed by atoms with Gasteiger partial charge in [-0.05, 0) is 29.8 Å². The topological polar surface area (TPSA) is 84.2 Å². The molecule has 3 aromatic rings. The summed E-state index contributed by atoms with van der Waals surface area (Å²) < 4.78 is 5.29. The van der Waals surface area contributed by atoms with Gasteiger partial charge in [0.2, 0.25) is 0 Å². The molecule has 0 aliphatic carbocycles. The molecule has 0 radical (unpaired) electrons. The molecule has 6 heteroatoms. The quantitative estimate of drug-likeness (QED) is 0.713. The minimum atomic E-state index is -0.00572. The Kier molecular flexibility index (Phi) is 4.41. The van der Waals surface area contributed by atoms with E-state index in [2.05, 4.69) is 10.2 Å². The van der Waals surface area contributed by atoms with Crippen LogP contribution < -0.4 is 5.73 Å². The Morgan fingerprint density at radius 2 is 1.96 bits per heavy atom. The summed E-state index contributed by atoms with van der Waals surface area (Å²) in [6.07, 6.45) is 3.84. The van der Waals surface area contributed by atoms with Gasteiger partial charge in [0.25, 0.3) is 5.91 Å². The highest BCUT2D eigenvalue weighted by molar-refractivity contribution is 5.96. The van der Waals surface area contributed by atoms with Crippen LogP contribution in [0.4, 0.5) is 5.69 Å². The molecule has 1 aliphatic heterocycles. The first-order valence-corrected chi connectivity index (χ1v) is 8.60. The molecule has 0 unspecified atom stereocenters. The predicted octanol–water partition coefficient (Wildman–Crippen LogP) is 2.79. The molecule has 1 aliphatic rings. The first kappa shape index (κ1) is 16.4. The van der Waals surface area contributed by atoms with Crippen molar-refractivity contribution in [2.24, 2.45) is 0 Å². The fourth-order valence-corrected chi connectivity index (χ4v) is 3.09. The third-order valence-electron chi connectivity index (χ3n) is 4.55. The number of aromatic nitrogens is 2. The summed E-state index contributed by atoms with van der Waals surface area (Å²) in [7, 11) is 0. The van der Waals surface area contributed by atoms with E-state index in [-0.39, 0.29) is 5.91 Å². The average Bonchev–Trinajstić information content (AvgIpc) is 3.10. The number of anilines is 1. The third kappa shape index (κ3) is 3.19. The SMILES string of the molecule is Nc1cc(C(=O)N2CCOCC2)ccc1/C=C/c1n[nH]c2ccccc12. The highest BCUT2D eigenvalue weighted by Gasteiger charge is 2.18. The van der Waals surface area contributed by atoms with E-state index in [1.807, 2.05) is 48.6 Å². The van der Waals surface area contributed by atoms with Gasteiger partial charge in [-0.2, -0.15) is 5.10 Å². The van der Waals surface area contributed by atoms with E-state index in [4.69, 9.17) is 10.5 Å². The number of nitrogens with zero attached hydrogens (tertiary/aromatic N) is 2. The van der Waals surface area contributed by atoms with Crippen molar-refractivity contribution in [1.82, 2.24) is 15.1 Å². The number of aromatic amines is 1. The Bertz CT molecular complexity index is 971. The van der Waals surface area contributed by atoms with Crippen LogP contribution in [0, 0.1) is 0 Å². The molecule has 6 nitrogen and oxygen atoms in total. The van der Waals surface area contributed by atoms with Crippen molar-refractivity contribution < 1.29 is 9.53 Å². The Morgan fingerprint density at radius 3 is 2.77 bits per heavy atom. The first-order valence-electron chi connectivity index (χ1n) is 8.60. The van der Waals surface area contributed by atoms with Gasteiger partial charge < -0.3 is 15.4 Å². The number of nitrogens with two attached hydrogens (primary N) is 1. The van der Waals surface area contributed by atoms with Crippen molar-refractivity contribution in [3.8, 4) is 0 Å². The van der Waals surface area contributed by atoms with Crippen LogP contribution in [0.1, 0.15) is 21.6 Å². The lowest BCUT2D eigenvalue weighted by atomic mass is 10.1. The largest absolute Gasteiger partial charge is 0.398 e. The Balaban J connectivity index is 1.55. The standard InChI is InChI=1S/C20H20N4O2/c21-17-13-15(20(25)24-9-11-26-12-10-24)6-5-14(17)7-8-19-16-3-1-2-4-18(16)22-23-19/h1-8,13H,9-12,21H2,(H,22,23)/b8-7+. The normalized spacial score (nSPS) is 15.0. The molecule has 4 rings (SSSR count). The van der Waals surface area contributed by atoms with Crippen LogP contribution in [-0.2, 0) is 4.74 Å². The molecule has 0 spiro atoms. The number of morpholine rings is 1. The van der Waals surface area contributed by atoms with E-state index in [0.29, 0.717) is 37.6 Å². The fourth-order valence-electron chi connectivity index (χ4n) is 3.09. The highest BCUT2D eigenvalue weighted by Crippen LogP contribution is 2.21. The Morgan fingerprint density at radius 1 is 1.15 bits per heavy atom. The first-order chi connectivity index (χ1) is 12.7. The molecule has 132 valence electrons. The molecule has 3 N–H and O–H groups in total. The van der Waals surface area contributed by atoms with Gasteiger partial charge in [0, 0.05) is 29.7 Å². The second-order valence-electron chi connectivity index (χ2n) is 6.24. The summed E-state index contributed by atoms with van der Waals surface area (Å²) in [5.74, 6) is -0.00572. The number of fused-ring (bicyclic) bond motifs is 1. The number of ether oxygens (including phenoxy) is 1. The monoisotopic (exact) mass is 348 g/mol. The highest BCUT2D eigenvalue weighted by atomic mass is 16.5. The second-order valence-corrected chi connectivity index (χ2v) is 6.24. The lowest BCUT2D eigenvalue weighted by Gasteiger charge is -2.27. The predicted molar refractivity (Wildman–Crippen MR) is 103 cm³/mol. The van der Waals surface area contributed by atoms with Gasteiger partial charge in [-0.3, -0.25) is 9.89 Å². The van der Waals surface area contributed by atoms with E-state index < -0.39 is 0 Å². The zero-order chi connectivity index (χ0) is 17.9. The van der Waals surface area contributed by atoms with Crippen LogP contribution in [0.5, 0.6) is 0 Å². The average molecular weight is 348 g/mol. The summed E-state index contributed by atoms with van der Waals surface area (Å²) in [5.41, 5.74) is 10.0. The van der Waals surface area contributed by atoms with Gasteiger partial charge in [-0.25, -0.2) is 0 Å². The zero-order valence-electron chi connectivity index (χ0n) is 14.3. The summed E-state index contributed by atoms with van der Waals surface area (Å²) in [6, 6.07) is 13.4. The van der Waals surface area contributed by atoms with Crippen LogP contribution in [-0.4, -0.2) is 47.3 Å². The van der Waals surface area contributed by atoms with Gasteiger partial charge in [-0.15, -0.1) is 0 Å². The number of para-hydroxylation sites is 1. The van der Waals surface area contributed by atoms with Gasteiger partial charge in [-0.1, -0.05) is 30.3 Å². The van der Waals surface area contributed by atoms with Crippen molar-refractivity contribution in [2.45, 2.75) is 0 Å². The number of rotatable bonds is 3. The van der Waals surface area contributed by atoms with Crippen LogP contribution in [0.15, 0.2) is 42.5 Å². The molecule has 1 amide bonds. The number of carbonyl (C=O) groups is 1. The van der Waals surface area contributed by atoms with Gasteiger partial charge in [0.05, 0.1) is 24.4 Å². The molecule has 26 heavy (non-hydrogen) atoms. The summed E-state index contributed by atoms with van der Waals surface area (Å²) in [6.45, 7) is 2.40. The van der Waals surface area contributed by atoms with Crippen molar-refractivity contribution in [1.29, 1.82) is 0 Å². The number of nitrogens with one attached hydrogen (secondary N) is 1. The number of benzene rings is 2. The van der Waals surface area contributed by atoms with Crippen molar-refractivity contribution >= 4 is 34.6 Å². The minimum Gasteiger partial charge on any atom is -0.398 e. The fraction of sp³-hybridized carbons (Fsp3) is 0.200. The number of nitrogen functional groups attached to an aromatic ring is 1. The molecule has 0 saturated carbocycles. The molecule has 2 aromatic carbocycles. The van der Waals surface area contributed by atoms with E-state index in [9.17, 15) is 4.79 Å². The van der Waals surface area contributed by atoms with E-state index in [1.165, 1.54) is 0 Å². The lowest BCUT2D eigenvalue weighted by molar-refractivity contribution is 0.0303. The molecule has 1 aromatic heterocycles. The smallest absolute Gasteiger partial charge is 0.254 e. The molecule has 2 heterocycles. The minimum absolute atomic E-state index is 0.00572. The van der Waals surface area contributed by atoms with E-state index in [0.717, 1.165) is 22.2 Å². The molecule has 0 atom stereocenters. The van der Waals surface area contributed by atoms with Gasteiger partial charge in [0.15, 0.2) is 0 Å². The van der Waals surface area contributed by atoms with Gasteiger partial charge in [0.1, 0.15) is 0 Å². The molecule has 0 bridgehead atoms. The zero-order valence-corrected chi connectivity index (χ0v) is 14.3. The lowest BCUT2D eigenvalue weighted by Crippen LogP contribution is -2.40. The number of amides is 1. The number of hydrogen-bond acceptors (Lipinski definition) is 4. The number of hydrogen-bond donors (Lipinski definition) is 2. The van der Waals surface area contributed by atoms with Crippen molar-refractivity contribution in [3.63, 3.8) is 0 Å². The third-order valence-corrected chi connectivity index (χ3v) is 4.55. The summed E-state index contributed by atoms with van der Waals surface area (Å²) in [5, 5.41) is 8.39.